The minimum absolute atomic E-state index is 0.0679. The number of carbonyl (C=O) groups is 1. The van der Waals surface area contributed by atoms with Crippen molar-refractivity contribution in [1.82, 2.24) is 25.2 Å². The van der Waals surface area contributed by atoms with Gasteiger partial charge in [0.2, 0.25) is 0 Å². The van der Waals surface area contributed by atoms with Crippen LogP contribution < -0.4 is 5.32 Å². The lowest BCUT2D eigenvalue weighted by molar-refractivity contribution is -0.390. The van der Waals surface area contributed by atoms with Gasteiger partial charge in [-0.3, -0.25) is 4.79 Å². The Hall–Kier alpha value is -2.30. The van der Waals surface area contributed by atoms with E-state index in [1.165, 1.54) is 11.1 Å². The summed E-state index contributed by atoms with van der Waals surface area (Å²) in [5, 5.41) is 21.5. The average Bonchev–Trinajstić information content (AvgIpc) is 3.16. The second-order valence-corrected chi connectivity index (χ2v) is 6.75. The summed E-state index contributed by atoms with van der Waals surface area (Å²) >= 11 is 3.15. The van der Waals surface area contributed by atoms with Crippen molar-refractivity contribution in [2.75, 3.05) is 0 Å². The van der Waals surface area contributed by atoms with Crippen LogP contribution in [0, 0.1) is 17.0 Å². The van der Waals surface area contributed by atoms with E-state index in [4.69, 9.17) is 4.52 Å². The van der Waals surface area contributed by atoms with Crippen molar-refractivity contribution >= 4 is 27.7 Å². The summed E-state index contributed by atoms with van der Waals surface area (Å²) < 4.78 is 6.69. The number of hydrogen-bond donors (Lipinski definition) is 1. The van der Waals surface area contributed by atoms with E-state index in [-0.39, 0.29) is 30.1 Å². The third-order valence-corrected chi connectivity index (χ3v) is 5.11. The van der Waals surface area contributed by atoms with E-state index in [1.807, 2.05) is 0 Å². The molecule has 3 rings (SSSR count). The second kappa shape index (κ2) is 7.30. The number of amides is 1. The van der Waals surface area contributed by atoms with Gasteiger partial charge in [-0.2, -0.15) is 9.67 Å². The zero-order valence-corrected chi connectivity index (χ0v) is 15.2. The molecule has 1 aliphatic carbocycles. The summed E-state index contributed by atoms with van der Waals surface area (Å²) in [5.74, 6) is -0.563. The van der Waals surface area contributed by atoms with Crippen LogP contribution in [0.15, 0.2) is 9.00 Å². The molecule has 10 nitrogen and oxygen atoms in total. The molecule has 1 amide bonds. The van der Waals surface area contributed by atoms with Crippen molar-refractivity contribution in [2.45, 2.75) is 51.6 Å². The van der Waals surface area contributed by atoms with E-state index in [9.17, 15) is 14.9 Å². The number of nitrogens with zero attached hydrogens (tertiary/aromatic N) is 5. The molecule has 0 unspecified atom stereocenters. The SMILES string of the molecule is Cc1c(Br)c([N+](=O)[O-])nn1Cc1noc(C(=O)NC2CCCCC2)n1. The van der Waals surface area contributed by atoms with Gasteiger partial charge in [-0.25, -0.2) is 0 Å². The minimum Gasteiger partial charge on any atom is -0.358 e. The van der Waals surface area contributed by atoms with Gasteiger partial charge in [0.25, 0.3) is 0 Å². The number of carbonyl (C=O) groups excluding carboxylic acids is 1. The Morgan fingerprint density at radius 2 is 2.16 bits per heavy atom. The molecule has 1 N–H and O–H groups in total. The molecule has 1 fully saturated rings. The summed E-state index contributed by atoms with van der Waals surface area (Å²) in [4.78, 5) is 26.6. The Balaban J connectivity index is 1.68. The fourth-order valence-electron chi connectivity index (χ4n) is 2.82. The number of nitrogens with one attached hydrogen (secondary N) is 1. The quantitative estimate of drug-likeness (QED) is 0.588. The Kier molecular flexibility index (Phi) is 5.11. The summed E-state index contributed by atoms with van der Waals surface area (Å²) in [6, 6.07) is 0.142. The van der Waals surface area contributed by atoms with Gasteiger partial charge in [0.05, 0.1) is 10.8 Å². The Labute approximate surface area is 151 Å². The molecular weight excluding hydrogens is 396 g/mol. The van der Waals surface area contributed by atoms with Gasteiger partial charge >= 0.3 is 17.6 Å². The van der Waals surface area contributed by atoms with Crippen LogP contribution in [0.25, 0.3) is 0 Å². The normalized spacial score (nSPS) is 15.3. The van der Waals surface area contributed by atoms with Crippen LogP contribution in [0.2, 0.25) is 0 Å². The van der Waals surface area contributed by atoms with Crippen LogP contribution >= 0.6 is 15.9 Å². The molecule has 134 valence electrons. The van der Waals surface area contributed by atoms with Crippen molar-refractivity contribution in [2.24, 2.45) is 0 Å². The molecule has 1 aliphatic rings. The van der Waals surface area contributed by atoms with Gasteiger partial charge in [0, 0.05) is 6.04 Å². The lowest BCUT2D eigenvalue weighted by Crippen LogP contribution is -2.36. The molecule has 0 atom stereocenters. The van der Waals surface area contributed by atoms with Crippen molar-refractivity contribution in [3.8, 4) is 0 Å². The third-order valence-electron chi connectivity index (χ3n) is 4.18. The van der Waals surface area contributed by atoms with E-state index in [1.54, 1.807) is 6.92 Å². The third kappa shape index (κ3) is 3.86. The smallest absolute Gasteiger partial charge is 0.358 e. The lowest BCUT2D eigenvalue weighted by atomic mass is 9.95. The van der Waals surface area contributed by atoms with E-state index in [0.717, 1.165) is 25.7 Å². The highest BCUT2D eigenvalue weighted by Gasteiger charge is 2.25. The molecule has 0 aromatic carbocycles. The number of aromatic nitrogens is 4. The highest BCUT2D eigenvalue weighted by Crippen LogP contribution is 2.27. The predicted octanol–water partition coefficient (Wildman–Crippen LogP) is 2.36. The first-order valence-corrected chi connectivity index (χ1v) is 8.75. The first kappa shape index (κ1) is 17.5. The Bertz CT molecular complexity index is 795. The van der Waals surface area contributed by atoms with Crippen molar-refractivity contribution < 1.29 is 14.2 Å². The predicted molar refractivity (Wildman–Crippen MR) is 89.1 cm³/mol. The topological polar surface area (TPSA) is 129 Å². The number of rotatable bonds is 5. The fourth-order valence-corrected chi connectivity index (χ4v) is 3.25. The van der Waals surface area contributed by atoms with Gasteiger partial charge < -0.3 is 20.0 Å². The number of hydrogen-bond acceptors (Lipinski definition) is 7. The molecule has 0 radical (unpaired) electrons. The summed E-state index contributed by atoms with van der Waals surface area (Å²) in [6.45, 7) is 1.75. The molecule has 0 spiro atoms. The van der Waals surface area contributed by atoms with Gasteiger partial charge in [0.15, 0.2) is 5.82 Å². The molecule has 2 aromatic rings. The Morgan fingerprint density at radius 1 is 1.44 bits per heavy atom. The zero-order valence-electron chi connectivity index (χ0n) is 13.6. The monoisotopic (exact) mass is 412 g/mol. The molecular formula is C14H17BrN6O4. The maximum Gasteiger partial charge on any atom is 0.404 e. The Morgan fingerprint density at radius 3 is 2.80 bits per heavy atom. The van der Waals surface area contributed by atoms with Crippen LogP contribution in [0.3, 0.4) is 0 Å². The molecule has 2 aromatic heterocycles. The van der Waals surface area contributed by atoms with Gasteiger partial charge in [0.1, 0.15) is 11.0 Å². The molecule has 2 heterocycles. The fraction of sp³-hybridized carbons (Fsp3) is 0.571. The first-order chi connectivity index (χ1) is 12.0. The molecule has 0 saturated heterocycles. The van der Waals surface area contributed by atoms with Crippen LogP contribution in [0.1, 0.15) is 54.3 Å². The highest BCUT2D eigenvalue weighted by atomic mass is 79.9. The van der Waals surface area contributed by atoms with Crippen LogP contribution in [0.5, 0.6) is 0 Å². The lowest BCUT2D eigenvalue weighted by Gasteiger charge is -2.21. The van der Waals surface area contributed by atoms with Crippen LogP contribution in [-0.4, -0.2) is 36.8 Å². The number of nitro groups is 1. The molecule has 0 aliphatic heterocycles. The minimum atomic E-state index is -0.577. The summed E-state index contributed by atoms with van der Waals surface area (Å²) in [5.41, 5.74) is 0.560. The van der Waals surface area contributed by atoms with E-state index in [0.29, 0.717) is 10.2 Å². The van der Waals surface area contributed by atoms with Gasteiger partial charge in [-0.1, -0.05) is 24.4 Å². The zero-order chi connectivity index (χ0) is 18.0. The average molecular weight is 413 g/mol. The highest BCUT2D eigenvalue weighted by molar-refractivity contribution is 9.10. The maximum atomic E-state index is 12.2. The standard InChI is InChI=1S/C14H17BrN6O4/c1-8-11(15)12(21(23)24)18-20(8)7-10-17-14(25-19-10)13(22)16-9-5-3-2-4-6-9/h9H,2-7H2,1H3,(H,16,22). The first-order valence-electron chi connectivity index (χ1n) is 7.96. The van der Waals surface area contributed by atoms with E-state index >= 15 is 0 Å². The van der Waals surface area contributed by atoms with E-state index < -0.39 is 10.8 Å². The number of halogens is 1. The van der Waals surface area contributed by atoms with Crippen molar-refractivity contribution in [1.29, 1.82) is 0 Å². The van der Waals surface area contributed by atoms with E-state index in [2.05, 4.69) is 36.5 Å². The van der Waals surface area contributed by atoms with Crippen LogP contribution in [-0.2, 0) is 6.54 Å². The van der Waals surface area contributed by atoms with Gasteiger partial charge in [-0.05, 0) is 40.6 Å². The van der Waals surface area contributed by atoms with Crippen LogP contribution in [0.4, 0.5) is 5.82 Å². The molecule has 1 saturated carbocycles. The molecule has 11 heteroatoms. The van der Waals surface area contributed by atoms with Crippen molar-refractivity contribution in [3.63, 3.8) is 0 Å². The molecule has 25 heavy (non-hydrogen) atoms. The summed E-state index contributed by atoms with van der Waals surface area (Å²) in [7, 11) is 0. The molecule has 0 bridgehead atoms. The second-order valence-electron chi connectivity index (χ2n) is 5.96. The summed E-state index contributed by atoms with van der Waals surface area (Å²) in [6.07, 6.45) is 5.31. The maximum absolute atomic E-state index is 12.2. The van der Waals surface area contributed by atoms with Gasteiger partial charge in [-0.15, -0.1) is 0 Å². The van der Waals surface area contributed by atoms with Crippen molar-refractivity contribution in [3.05, 3.63) is 32.0 Å². The largest absolute Gasteiger partial charge is 0.404 e.